The third kappa shape index (κ3) is 3.78. The Morgan fingerprint density at radius 2 is 1.61 bits per heavy atom. The van der Waals surface area contributed by atoms with E-state index in [1.165, 1.54) is 0 Å². The van der Waals surface area contributed by atoms with Gasteiger partial charge < -0.3 is 14.5 Å². The molecule has 0 aliphatic heterocycles. The Kier molecular flexibility index (Phi) is 4.64. The molecule has 28 heavy (non-hydrogen) atoms. The molecule has 0 atom stereocenters. The molecule has 5 nitrogen and oxygen atoms in total. The fraction of sp³-hybridized carbons (Fsp3) is 0.0435. The Morgan fingerprint density at radius 3 is 2.36 bits per heavy atom. The van der Waals surface area contributed by atoms with Crippen molar-refractivity contribution in [3.8, 4) is 11.5 Å². The smallest absolute Gasteiger partial charge is 0.349 e. The van der Waals surface area contributed by atoms with Gasteiger partial charge in [-0.15, -0.1) is 0 Å². The SMILES string of the molecule is Cc1ccc2oc(=O)c(C(=O)Nc3ccc(Oc4ccccc4)cc3)cc2c1. The minimum atomic E-state index is -0.669. The molecule has 0 saturated heterocycles. The van der Waals surface area contributed by atoms with Crippen molar-refractivity contribution in [1.29, 1.82) is 0 Å². The molecular formula is C23H17NO4. The van der Waals surface area contributed by atoms with Gasteiger partial charge in [0.05, 0.1) is 0 Å². The molecule has 0 saturated carbocycles. The van der Waals surface area contributed by atoms with Gasteiger partial charge in [-0.05, 0) is 61.5 Å². The van der Waals surface area contributed by atoms with Gasteiger partial charge >= 0.3 is 5.63 Å². The zero-order chi connectivity index (χ0) is 19.5. The van der Waals surface area contributed by atoms with E-state index in [0.29, 0.717) is 22.4 Å². The first kappa shape index (κ1) is 17.5. The maximum atomic E-state index is 12.5. The molecule has 0 radical (unpaired) electrons. The summed E-state index contributed by atoms with van der Waals surface area (Å²) in [7, 11) is 0. The standard InChI is InChI=1S/C23H17NO4/c1-15-7-12-21-16(13-15)14-20(23(26)28-21)22(25)24-17-8-10-19(11-9-17)27-18-5-3-2-4-6-18/h2-14H,1H3,(H,24,25). The van der Waals surface area contributed by atoms with E-state index in [2.05, 4.69) is 5.32 Å². The number of carbonyl (C=O) groups is 1. The number of fused-ring (bicyclic) bond motifs is 1. The van der Waals surface area contributed by atoms with Gasteiger partial charge in [0.1, 0.15) is 22.6 Å². The van der Waals surface area contributed by atoms with Gasteiger partial charge in [0, 0.05) is 11.1 Å². The Balaban J connectivity index is 1.52. The maximum absolute atomic E-state index is 12.5. The molecule has 5 heteroatoms. The zero-order valence-electron chi connectivity index (χ0n) is 15.1. The molecule has 138 valence electrons. The number of hydrogen-bond acceptors (Lipinski definition) is 4. The second-order valence-corrected chi connectivity index (χ2v) is 6.38. The van der Waals surface area contributed by atoms with Crippen LogP contribution in [0.5, 0.6) is 11.5 Å². The lowest BCUT2D eigenvalue weighted by Crippen LogP contribution is -2.20. The lowest BCUT2D eigenvalue weighted by molar-refractivity contribution is 0.102. The normalized spacial score (nSPS) is 10.6. The molecule has 0 aliphatic rings. The van der Waals surface area contributed by atoms with Gasteiger partial charge in [0.15, 0.2) is 0 Å². The van der Waals surface area contributed by atoms with Gasteiger partial charge in [0.2, 0.25) is 0 Å². The number of para-hydroxylation sites is 1. The molecule has 4 rings (SSSR count). The summed E-state index contributed by atoms with van der Waals surface area (Å²) >= 11 is 0. The summed E-state index contributed by atoms with van der Waals surface area (Å²) < 4.78 is 11.0. The maximum Gasteiger partial charge on any atom is 0.349 e. The fourth-order valence-corrected chi connectivity index (χ4v) is 2.83. The van der Waals surface area contributed by atoms with E-state index < -0.39 is 11.5 Å². The van der Waals surface area contributed by atoms with E-state index in [1.54, 1.807) is 36.4 Å². The lowest BCUT2D eigenvalue weighted by atomic mass is 10.1. The van der Waals surface area contributed by atoms with Gasteiger partial charge in [-0.3, -0.25) is 4.79 Å². The molecule has 0 bridgehead atoms. The first-order chi connectivity index (χ1) is 13.6. The number of ether oxygens (including phenoxy) is 1. The second-order valence-electron chi connectivity index (χ2n) is 6.38. The van der Waals surface area contributed by atoms with Crippen molar-refractivity contribution in [1.82, 2.24) is 0 Å². The Morgan fingerprint density at radius 1 is 0.893 bits per heavy atom. The third-order valence-corrected chi connectivity index (χ3v) is 4.22. The highest BCUT2D eigenvalue weighted by Crippen LogP contribution is 2.23. The number of hydrogen-bond donors (Lipinski definition) is 1. The van der Waals surface area contributed by atoms with Crippen molar-refractivity contribution >= 4 is 22.6 Å². The topological polar surface area (TPSA) is 68.5 Å². The number of aryl methyl sites for hydroxylation is 1. The highest BCUT2D eigenvalue weighted by atomic mass is 16.5. The van der Waals surface area contributed by atoms with E-state index in [-0.39, 0.29) is 5.56 Å². The zero-order valence-corrected chi connectivity index (χ0v) is 15.1. The second kappa shape index (κ2) is 7.40. The Bertz CT molecular complexity index is 1190. The number of carbonyl (C=O) groups excluding carboxylic acids is 1. The summed E-state index contributed by atoms with van der Waals surface area (Å²) in [6.45, 7) is 1.93. The molecular weight excluding hydrogens is 354 g/mol. The van der Waals surface area contributed by atoms with Crippen LogP contribution in [0.25, 0.3) is 11.0 Å². The Labute approximate surface area is 161 Å². The largest absolute Gasteiger partial charge is 0.457 e. The van der Waals surface area contributed by atoms with Crippen molar-refractivity contribution in [2.75, 3.05) is 5.32 Å². The number of amides is 1. The first-order valence-electron chi connectivity index (χ1n) is 8.77. The molecule has 0 fully saturated rings. The molecule has 3 aromatic carbocycles. The van der Waals surface area contributed by atoms with Gasteiger partial charge in [0.25, 0.3) is 5.91 Å². The highest BCUT2D eigenvalue weighted by Gasteiger charge is 2.14. The third-order valence-electron chi connectivity index (χ3n) is 4.22. The van der Waals surface area contributed by atoms with Crippen LogP contribution in [0.4, 0.5) is 5.69 Å². The molecule has 1 N–H and O–H groups in total. The van der Waals surface area contributed by atoms with Crippen LogP contribution in [-0.2, 0) is 0 Å². The van der Waals surface area contributed by atoms with Crippen LogP contribution in [-0.4, -0.2) is 5.91 Å². The number of benzene rings is 3. The summed E-state index contributed by atoms with van der Waals surface area (Å²) in [5.41, 5.74) is 1.31. The van der Waals surface area contributed by atoms with Crippen molar-refractivity contribution in [2.45, 2.75) is 6.92 Å². The summed E-state index contributed by atoms with van der Waals surface area (Å²) in [4.78, 5) is 24.7. The van der Waals surface area contributed by atoms with E-state index in [0.717, 1.165) is 11.3 Å². The average Bonchev–Trinajstić information content (AvgIpc) is 2.70. The minimum absolute atomic E-state index is 0.0392. The lowest BCUT2D eigenvalue weighted by Gasteiger charge is -2.08. The fourth-order valence-electron chi connectivity index (χ4n) is 2.83. The minimum Gasteiger partial charge on any atom is -0.457 e. The summed E-state index contributed by atoms with van der Waals surface area (Å²) in [5, 5.41) is 3.42. The Hall–Kier alpha value is -3.86. The summed E-state index contributed by atoms with van der Waals surface area (Å²) in [6, 6.07) is 23.3. The molecule has 1 heterocycles. The van der Waals surface area contributed by atoms with E-state index >= 15 is 0 Å². The number of nitrogens with one attached hydrogen (secondary N) is 1. The van der Waals surface area contributed by atoms with Crippen LogP contribution >= 0.6 is 0 Å². The van der Waals surface area contributed by atoms with Crippen LogP contribution in [0.3, 0.4) is 0 Å². The molecule has 0 unspecified atom stereocenters. The predicted octanol–water partition coefficient (Wildman–Crippen LogP) is 5.15. The van der Waals surface area contributed by atoms with Gasteiger partial charge in [-0.1, -0.05) is 29.8 Å². The number of rotatable bonds is 4. The molecule has 0 spiro atoms. The van der Waals surface area contributed by atoms with Crippen LogP contribution in [0.1, 0.15) is 15.9 Å². The van der Waals surface area contributed by atoms with Gasteiger partial charge in [-0.2, -0.15) is 0 Å². The van der Waals surface area contributed by atoms with Crippen molar-refractivity contribution < 1.29 is 13.9 Å². The van der Waals surface area contributed by atoms with E-state index in [1.807, 2.05) is 49.4 Å². The molecule has 1 aromatic heterocycles. The highest BCUT2D eigenvalue weighted by molar-refractivity contribution is 6.05. The van der Waals surface area contributed by atoms with Crippen LogP contribution in [0, 0.1) is 6.92 Å². The monoisotopic (exact) mass is 371 g/mol. The van der Waals surface area contributed by atoms with Crippen molar-refractivity contribution in [3.05, 3.63) is 100 Å². The van der Waals surface area contributed by atoms with E-state index in [9.17, 15) is 9.59 Å². The molecule has 0 aliphatic carbocycles. The van der Waals surface area contributed by atoms with E-state index in [4.69, 9.17) is 9.15 Å². The van der Waals surface area contributed by atoms with Crippen LogP contribution in [0.15, 0.2) is 88.1 Å². The average molecular weight is 371 g/mol. The quantitative estimate of drug-likeness (QED) is 0.504. The molecule has 4 aromatic rings. The van der Waals surface area contributed by atoms with Crippen molar-refractivity contribution in [2.24, 2.45) is 0 Å². The molecule has 1 amide bonds. The number of anilines is 1. The van der Waals surface area contributed by atoms with Crippen LogP contribution in [0.2, 0.25) is 0 Å². The van der Waals surface area contributed by atoms with Crippen molar-refractivity contribution in [3.63, 3.8) is 0 Å². The summed E-state index contributed by atoms with van der Waals surface area (Å²) in [6.07, 6.45) is 0. The predicted molar refractivity (Wildman–Crippen MR) is 108 cm³/mol. The van der Waals surface area contributed by atoms with Gasteiger partial charge in [-0.25, -0.2) is 4.79 Å². The van der Waals surface area contributed by atoms with Crippen LogP contribution < -0.4 is 15.7 Å². The summed E-state index contributed by atoms with van der Waals surface area (Å²) in [5.74, 6) is 0.849. The first-order valence-corrected chi connectivity index (χ1v) is 8.77.